The van der Waals surface area contributed by atoms with Gasteiger partial charge in [0, 0.05) is 50.8 Å². The van der Waals surface area contributed by atoms with Gasteiger partial charge in [0.15, 0.2) is 5.96 Å². The highest BCUT2D eigenvalue weighted by molar-refractivity contribution is 7.99. The number of carbonyl (C=O) groups excluding carboxylic acids is 1. The van der Waals surface area contributed by atoms with Gasteiger partial charge in [-0.3, -0.25) is 4.99 Å². The van der Waals surface area contributed by atoms with E-state index in [4.69, 9.17) is 4.74 Å². The standard InChI is InChI=1S/C21H38N4O2S/c1-6-14-28-15-11-23-19(22-5)24-12-9-18(10-13-24)25(16-17-7-8-17)20(26)27-21(2,3)4/h6,17-18H,1,7-16H2,2-5H3,(H,22,23). The van der Waals surface area contributed by atoms with Crippen molar-refractivity contribution in [1.82, 2.24) is 15.1 Å². The van der Waals surface area contributed by atoms with Crippen molar-refractivity contribution in [1.29, 1.82) is 0 Å². The van der Waals surface area contributed by atoms with Crippen LogP contribution in [0.2, 0.25) is 0 Å². The fraction of sp³-hybridized carbons (Fsp3) is 0.810. The summed E-state index contributed by atoms with van der Waals surface area (Å²) in [5.41, 5.74) is -0.449. The van der Waals surface area contributed by atoms with Crippen molar-refractivity contribution in [2.24, 2.45) is 10.9 Å². The lowest BCUT2D eigenvalue weighted by molar-refractivity contribution is 0.00929. The molecule has 0 bridgehead atoms. The Labute approximate surface area is 175 Å². The average Bonchev–Trinajstić information content (AvgIpc) is 3.46. The first kappa shape index (κ1) is 22.9. The molecule has 1 heterocycles. The molecule has 0 radical (unpaired) electrons. The zero-order valence-electron chi connectivity index (χ0n) is 18.1. The van der Waals surface area contributed by atoms with Crippen LogP contribution in [0.5, 0.6) is 0 Å². The van der Waals surface area contributed by atoms with Gasteiger partial charge in [-0.2, -0.15) is 11.8 Å². The molecule has 0 spiro atoms. The van der Waals surface area contributed by atoms with Gasteiger partial charge in [0.25, 0.3) is 0 Å². The first-order chi connectivity index (χ1) is 13.3. The average molecular weight is 411 g/mol. The largest absolute Gasteiger partial charge is 0.444 e. The summed E-state index contributed by atoms with van der Waals surface area (Å²) in [7, 11) is 1.84. The summed E-state index contributed by atoms with van der Waals surface area (Å²) in [4.78, 5) is 21.5. The molecule has 1 N–H and O–H groups in total. The van der Waals surface area contributed by atoms with Crippen molar-refractivity contribution in [3.8, 4) is 0 Å². The Kier molecular flexibility index (Phi) is 8.99. The molecule has 28 heavy (non-hydrogen) atoms. The van der Waals surface area contributed by atoms with E-state index in [9.17, 15) is 4.79 Å². The quantitative estimate of drug-likeness (QED) is 0.287. The summed E-state index contributed by atoms with van der Waals surface area (Å²) in [6.07, 6.45) is 6.16. The number of amides is 1. The van der Waals surface area contributed by atoms with E-state index < -0.39 is 5.60 Å². The smallest absolute Gasteiger partial charge is 0.410 e. The molecule has 2 aliphatic rings. The van der Waals surface area contributed by atoms with E-state index in [1.54, 1.807) is 0 Å². The first-order valence-corrected chi connectivity index (χ1v) is 11.6. The summed E-state index contributed by atoms with van der Waals surface area (Å²) in [5, 5.41) is 3.45. The molecular formula is C21H38N4O2S. The van der Waals surface area contributed by atoms with Gasteiger partial charge in [0.1, 0.15) is 5.60 Å². The molecule has 1 aliphatic carbocycles. The third-order valence-electron chi connectivity index (χ3n) is 4.96. The second-order valence-corrected chi connectivity index (χ2v) is 9.78. The van der Waals surface area contributed by atoms with E-state index in [0.717, 1.165) is 56.5 Å². The molecule has 0 aromatic carbocycles. The van der Waals surface area contributed by atoms with Crippen LogP contribution in [-0.2, 0) is 4.74 Å². The maximum absolute atomic E-state index is 12.8. The Balaban J connectivity index is 1.84. The Morgan fingerprint density at radius 2 is 2.00 bits per heavy atom. The monoisotopic (exact) mass is 410 g/mol. The molecule has 6 nitrogen and oxygen atoms in total. The summed E-state index contributed by atoms with van der Waals surface area (Å²) in [5.74, 6) is 3.64. The number of aliphatic imine (C=N–C) groups is 1. The number of hydrogen-bond donors (Lipinski definition) is 1. The normalized spacial score (nSPS) is 18.7. The third-order valence-corrected chi connectivity index (χ3v) is 5.93. The number of hydrogen-bond acceptors (Lipinski definition) is 4. The Hall–Kier alpha value is -1.37. The fourth-order valence-electron chi connectivity index (χ4n) is 3.40. The predicted octanol–water partition coefficient (Wildman–Crippen LogP) is 3.59. The topological polar surface area (TPSA) is 57.2 Å². The van der Waals surface area contributed by atoms with Gasteiger partial charge < -0.3 is 19.9 Å². The molecule has 2 rings (SSSR count). The van der Waals surface area contributed by atoms with E-state index >= 15 is 0 Å². The lowest BCUT2D eigenvalue weighted by Crippen LogP contribution is -2.52. The molecule has 1 amide bonds. The highest BCUT2D eigenvalue weighted by atomic mass is 32.2. The van der Waals surface area contributed by atoms with E-state index in [1.807, 2.05) is 50.6 Å². The Morgan fingerprint density at radius 1 is 1.32 bits per heavy atom. The minimum Gasteiger partial charge on any atom is -0.444 e. The summed E-state index contributed by atoms with van der Waals surface area (Å²) < 4.78 is 5.69. The fourth-order valence-corrected chi connectivity index (χ4v) is 3.97. The Morgan fingerprint density at radius 3 is 2.54 bits per heavy atom. The van der Waals surface area contributed by atoms with E-state index in [-0.39, 0.29) is 12.1 Å². The minimum absolute atomic E-state index is 0.153. The molecule has 1 saturated heterocycles. The molecule has 7 heteroatoms. The van der Waals surface area contributed by atoms with Crippen molar-refractivity contribution in [2.45, 2.75) is 58.1 Å². The molecule has 2 fully saturated rings. The van der Waals surface area contributed by atoms with Gasteiger partial charge in [0.2, 0.25) is 0 Å². The second kappa shape index (κ2) is 11.0. The number of piperidine rings is 1. The van der Waals surface area contributed by atoms with Crippen molar-refractivity contribution >= 4 is 23.8 Å². The maximum Gasteiger partial charge on any atom is 0.410 e. The molecule has 0 aromatic rings. The summed E-state index contributed by atoms with van der Waals surface area (Å²) in [6, 6.07) is 0.257. The van der Waals surface area contributed by atoms with Crippen molar-refractivity contribution < 1.29 is 9.53 Å². The third kappa shape index (κ3) is 7.94. The summed E-state index contributed by atoms with van der Waals surface area (Å²) >= 11 is 1.86. The van der Waals surface area contributed by atoms with Crippen LogP contribution >= 0.6 is 11.8 Å². The van der Waals surface area contributed by atoms with E-state index in [1.165, 1.54) is 12.8 Å². The lowest BCUT2D eigenvalue weighted by Gasteiger charge is -2.40. The zero-order chi connectivity index (χ0) is 20.6. The van der Waals surface area contributed by atoms with Crippen LogP contribution in [0.3, 0.4) is 0 Å². The van der Waals surface area contributed by atoms with Gasteiger partial charge in [-0.05, 0) is 52.4 Å². The highest BCUT2D eigenvalue weighted by Crippen LogP contribution is 2.32. The molecule has 0 atom stereocenters. The van der Waals surface area contributed by atoms with Gasteiger partial charge in [0.05, 0.1) is 0 Å². The van der Waals surface area contributed by atoms with Crippen LogP contribution < -0.4 is 5.32 Å². The summed E-state index contributed by atoms with van der Waals surface area (Å²) in [6.45, 7) is 13.1. The van der Waals surface area contributed by atoms with Crippen LogP contribution in [0.15, 0.2) is 17.6 Å². The van der Waals surface area contributed by atoms with Crippen LogP contribution in [0.1, 0.15) is 46.5 Å². The molecule has 160 valence electrons. The van der Waals surface area contributed by atoms with Crippen molar-refractivity contribution in [2.75, 3.05) is 44.7 Å². The first-order valence-electron chi connectivity index (χ1n) is 10.5. The predicted molar refractivity (Wildman–Crippen MR) is 119 cm³/mol. The highest BCUT2D eigenvalue weighted by Gasteiger charge is 2.35. The van der Waals surface area contributed by atoms with E-state index in [0.29, 0.717) is 5.92 Å². The van der Waals surface area contributed by atoms with Crippen LogP contribution in [0.25, 0.3) is 0 Å². The number of rotatable bonds is 8. The van der Waals surface area contributed by atoms with Gasteiger partial charge >= 0.3 is 6.09 Å². The lowest BCUT2D eigenvalue weighted by atomic mass is 10.0. The second-order valence-electron chi connectivity index (χ2n) is 8.63. The van der Waals surface area contributed by atoms with Crippen LogP contribution in [0.4, 0.5) is 4.79 Å². The molecule has 0 aromatic heterocycles. The molecule has 1 saturated carbocycles. The molecule has 1 aliphatic heterocycles. The van der Waals surface area contributed by atoms with E-state index in [2.05, 4.69) is 21.8 Å². The number of nitrogens with one attached hydrogen (secondary N) is 1. The van der Waals surface area contributed by atoms with Gasteiger partial charge in [-0.25, -0.2) is 4.79 Å². The number of carbonyl (C=O) groups is 1. The number of nitrogens with zero attached hydrogens (tertiary/aromatic N) is 3. The number of ether oxygens (including phenoxy) is 1. The Bertz CT molecular complexity index is 535. The van der Waals surface area contributed by atoms with Crippen LogP contribution in [-0.4, -0.2) is 78.2 Å². The van der Waals surface area contributed by atoms with Crippen LogP contribution in [0, 0.1) is 5.92 Å². The minimum atomic E-state index is -0.449. The van der Waals surface area contributed by atoms with Crippen molar-refractivity contribution in [3.63, 3.8) is 0 Å². The molecule has 0 unspecified atom stereocenters. The number of thioether (sulfide) groups is 1. The SMILES string of the molecule is C=CCSCCNC(=NC)N1CCC(N(CC2CC2)C(=O)OC(C)(C)C)CC1. The maximum atomic E-state index is 12.8. The van der Waals surface area contributed by atoms with Gasteiger partial charge in [-0.15, -0.1) is 6.58 Å². The van der Waals surface area contributed by atoms with Gasteiger partial charge in [-0.1, -0.05) is 6.08 Å². The van der Waals surface area contributed by atoms with Crippen molar-refractivity contribution in [3.05, 3.63) is 12.7 Å². The number of likely N-dealkylation sites (tertiary alicyclic amines) is 1. The molecular weight excluding hydrogens is 372 g/mol. The zero-order valence-corrected chi connectivity index (χ0v) is 18.9. The number of guanidine groups is 1.